The van der Waals surface area contributed by atoms with Crippen LogP contribution in [0.3, 0.4) is 0 Å². The molecule has 0 spiro atoms. The molecule has 0 bridgehead atoms. The number of hydrogen-bond donors (Lipinski definition) is 2. The maximum Gasteiger partial charge on any atom is 0.231 e. The Morgan fingerprint density at radius 1 is 1.28 bits per heavy atom. The molecule has 2 atom stereocenters. The molecule has 2 saturated carbocycles. The highest BCUT2D eigenvalue weighted by molar-refractivity contribution is 7.16. The molecular formula is C20H27FN2OS. The van der Waals surface area contributed by atoms with Crippen molar-refractivity contribution < 1.29 is 9.18 Å². The van der Waals surface area contributed by atoms with Crippen molar-refractivity contribution in [3.05, 3.63) is 22.6 Å². The summed E-state index contributed by atoms with van der Waals surface area (Å²) >= 11 is 1.66. The molecule has 1 amide bonds. The number of nitrogens with one attached hydrogen (secondary N) is 2. The number of hydrogen-bond acceptors (Lipinski definition) is 3. The Hall–Kier alpha value is -1.36. The number of halogens is 1. The van der Waals surface area contributed by atoms with E-state index in [1.165, 1.54) is 36.1 Å². The van der Waals surface area contributed by atoms with Gasteiger partial charge in [-0.25, -0.2) is 4.39 Å². The second-order valence-corrected chi connectivity index (χ2v) is 9.17. The molecule has 3 aliphatic rings. The smallest absolute Gasteiger partial charge is 0.231 e. The number of aryl methyl sites for hydroxylation is 1. The van der Waals surface area contributed by atoms with Crippen molar-refractivity contribution in [2.45, 2.75) is 58.0 Å². The first-order valence-electron chi connectivity index (χ1n) is 9.55. The number of thiophene rings is 1. The normalized spacial score (nSPS) is 30.2. The van der Waals surface area contributed by atoms with Crippen molar-refractivity contribution >= 4 is 27.9 Å². The molecule has 1 heterocycles. The largest absolute Gasteiger partial charge is 0.385 e. The highest BCUT2D eigenvalue weighted by atomic mass is 32.1. The van der Waals surface area contributed by atoms with E-state index in [4.69, 9.17) is 0 Å². The van der Waals surface area contributed by atoms with E-state index in [2.05, 4.69) is 24.1 Å². The molecule has 3 nitrogen and oxygen atoms in total. The van der Waals surface area contributed by atoms with Crippen LogP contribution in [0.15, 0.2) is 6.58 Å². The van der Waals surface area contributed by atoms with Crippen LogP contribution in [0.2, 0.25) is 0 Å². The number of fused-ring (bicyclic) bond motifs is 1. The molecule has 2 fully saturated rings. The number of amides is 1. The van der Waals surface area contributed by atoms with E-state index in [9.17, 15) is 9.18 Å². The Kier molecular flexibility index (Phi) is 4.61. The fraction of sp³-hybridized carbons (Fsp3) is 0.650. The average molecular weight is 363 g/mol. The van der Waals surface area contributed by atoms with Crippen molar-refractivity contribution in [2.75, 3.05) is 11.9 Å². The molecule has 136 valence electrons. The summed E-state index contributed by atoms with van der Waals surface area (Å²) < 4.78 is 13.2. The van der Waals surface area contributed by atoms with Crippen molar-refractivity contribution in [3.63, 3.8) is 0 Å². The minimum Gasteiger partial charge on any atom is -0.385 e. The van der Waals surface area contributed by atoms with Crippen molar-refractivity contribution in [2.24, 2.45) is 17.8 Å². The maximum absolute atomic E-state index is 13.2. The number of rotatable bonds is 6. The summed E-state index contributed by atoms with van der Waals surface area (Å²) in [6.07, 6.45) is 6.49. The molecule has 0 saturated heterocycles. The SMILES string of the molecule is C=C(NCC1CC(C)C1)c1c(NC(=O)C2CC2F)sc2c1CCCC2. The first kappa shape index (κ1) is 17.1. The van der Waals surface area contributed by atoms with Gasteiger partial charge in [0.05, 0.1) is 5.92 Å². The lowest BCUT2D eigenvalue weighted by Gasteiger charge is -2.33. The third-order valence-corrected chi connectivity index (χ3v) is 7.04. The van der Waals surface area contributed by atoms with E-state index in [0.29, 0.717) is 6.42 Å². The van der Waals surface area contributed by atoms with Crippen molar-refractivity contribution in [1.29, 1.82) is 0 Å². The summed E-state index contributed by atoms with van der Waals surface area (Å²) in [6, 6.07) is 0. The van der Waals surface area contributed by atoms with Gasteiger partial charge in [-0.3, -0.25) is 4.79 Å². The molecule has 0 aromatic carbocycles. The van der Waals surface area contributed by atoms with E-state index in [-0.39, 0.29) is 5.91 Å². The standard InChI is InChI=1S/C20H27FN2OS/c1-11-7-13(8-11)10-22-12(2)18-14-5-3-4-6-17(14)25-20(18)23-19(24)15-9-16(15)21/h11,13,15-16,22H,2-10H2,1H3,(H,23,24). The van der Waals surface area contributed by atoms with Crippen LogP contribution in [0.25, 0.3) is 5.70 Å². The van der Waals surface area contributed by atoms with Gasteiger partial charge in [-0.2, -0.15) is 0 Å². The van der Waals surface area contributed by atoms with Crippen LogP contribution in [0.5, 0.6) is 0 Å². The van der Waals surface area contributed by atoms with E-state index >= 15 is 0 Å². The van der Waals surface area contributed by atoms with E-state index in [1.54, 1.807) is 11.3 Å². The molecule has 5 heteroatoms. The maximum atomic E-state index is 13.2. The van der Waals surface area contributed by atoms with Crippen LogP contribution >= 0.6 is 11.3 Å². The molecule has 2 N–H and O–H groups in total. The second-order valence-electron chi connectivity index (χ2n) is 8.06. The molecule has 3 aliphatic carbocycles. The summed E-state index contributed by atoms with van der Waals surface area (Å²) in [7, 11) is 0. The lowest BCUT2D eigenvalue weighted by atomic mass is 9.76. The Bertz CT molecular complexity index is 692. The fourth-order valence-corrected chi connectivity index (χ4v) is 5.52. The quantitative estimate of drug-likeness (QED) is 0.781. The second kappa shape index (κ2) is 6.75. The predicted molar refractivity (Wildman–Crippen MR) is 102 cm³/mol. The fourth-order valence-electron chi connectivity index (χ4n) is 4.20. The van der Waals surface area contributed by atoms with Gasteiger partial charge in [0.1, 0.15) is 11.2 Å². The molecule has 1 aromatic rings. The molecular weight excluding hydrogens is 335 g/mol. The Morgan fingerprint density at radius 3 is 2.68 bits per heavy atom. The number of alkyl halides is 1. The van der Waals surface area contributed by atoms with E-state index in [1.807, 2.05) is 0 Å². The van der Waals surface area contributed by atoms with Gasteiger partial charge in [0.15, 0.2) is 0 Å². The Morgan fingerprint density at radius 2 is 2.00 bits per heavy atom. The van der Waals surface area contributed by atoms with Gasteiger partial charge in [0.25, 0.3) is 0 Å². The molecule has 0 radical (unpaired) electrons. The summed E-state index contributed by atoms with van der Waals surface area (Å²) in [5.74, 6) is 0.951. The van der Waals surface area contributed by atoms with Gasteiger partial charge < -0.3 is 10.6 Å². The minimum atomic E-state index is -0.958. The lowest BCUT2D eigenvalue weighted by molar-refractivity contribution is -0.117. The van der Waals surface area contributed by atoms with Gasteiger partial charge >= 0.3 is 0 Å². The number of carbonyl (C=O) groups is 1. The highest BCUT2D eigenvalue weighted by Crippen LogP contribution is 2.43. The number of anilines is 1. The predicted octanol–water partition coefficient (Wildman–Crippen LogP) is 4.53. The van der Waals surface area contributed by atoms with Crippen LogP contribution in [0, 0.1) is 17.8 Å². The molecule has 0 aliphatic heterocycles. The van der Waals surface area contributed by atoms with Crippen LogP contribution in [-0.2, 0) is 17.6 Å². The summed E-state index contributed by atoms with van der Waals surface area (Å²) in [5, 5.41) is 7.38. The Balaban J connectivity index is 1.50. The molecule has 25 heavy (non-hydrogen) atoms. The van der Waals surface area contributed by atoms with Gasteiger partial charge in [0, 0.05) is 22.7 Å². The van der Waals surface area contributed by atoms with E-state index < -0.39 is 12.1 Å². The van der Waals surface area contributed by atoms with Crippen LogP contribution < -0.4 is 10.6 Å². The lowest BCUT2D eigenvalue weighted by Crippen LogP contribution is -2.31. The van der Waals surface area contributed by atoms with Gasteiger partial charge in [0.2, 0.25) is 5.91 Å². The minimum absolute atomic E-state index is 0.173. The molecule has 4 rings (SSSR count). The van der Waals surface area contributed by atoms with Gasteiger partial charge in [-0.05, 0) is 62.3 Å². The summed E-state index contributed by atoms with van der Waals surface area (Å²) in [5.41, 5.74) is 3.34. The monoisotopic (exact) mass is 362 g/mol. The summed E-state index contributed by atoms with van der Waals surface area (Å²) in [4.78, 5) is 13.6. The summed E-state index contributed by atoms with van der Waals surface area (Å²) in [6.45, 7) is 7.52. The van der Waals surface area contributed by atoms with E-state index in [0.717, 1.165) is 47.5 Å². The van der Waals surface area contributed by atoms with Crippen LogP contribution in [-0.4, -0.2) is 18.6 Å². The zero-order chi connectivity index (χ0) is 17.6. The zero-order valence-corrected chi connectivity index (χ0v) is 15.7. The van der Waals surface area contributed by atoms with Gasteiger partial charge in [-0.15, -0.1) is 11.3 Å². The highest BCUT2D eigenvalue weighted by Gasteiger charge is 2.44. The number of carbonyl (C=O) groups excluding carboxylic acids is 1. The topological polar surface area (TPSA) is 41.1 Å². The first-order chi connectivity index (χ1) is 12.0. The average Bonchev–Trinajstić information content (AvgIpc) is 3.18. The third kappa shape index (κ3) is 3.48. The van der Waals surface area contributed by atoms with Crippen LogP contribution in [0.4, 0.5) is 9.39 Å². The third-order valence-electron chi connectivity index (χ3n) is 5.83. The van der Waals surface area contributed by atoms with Crippen molar-refractivity contribution in [1.82, 2.24) is 5.32 Å². The Labute approximate surface area is 153 Å². The van der Waals surface area contributed by atoms with Crippen molar-refractivity contribution in [3.8, 4) is 0 Å². The van der Waals surface area contributed by atoms with Gasteiger partial charge in [-0.1, -0.05) is 13.5 Å². The van der Waals surface area contributed by atoms with Crippen LogP contribution in [0.1, 0.15) is 55.0 Å². The first-order valence-corrected chi connectivity index (χ1v) is 10.4. The molecule has 2 unspecified atom stereocenters. The molecule has 1 aromatic heterocycles. The zero-order valence-electron chi connectivity index (χ0n) is 14.9.